The monoisotopic (exact) mass is 220 g/mol. The van der Waals surface area contributed by atoms with Crippen LogP contribution >= 0.6 is 0 Å². The molecule has 0 spiro atoms. The molecule has 1 aliphatic rings. The first-order chi connectivity index (χ1) is 7.79. The molecule has 0 amide bonds. The van der Waals surface area contributed by atoms with E-state index in [4.69, 9.17) is 10.5 Å². The van der Waals surface area contributed by atoms with Crippen LogP contribution in [0.15, 0.2) is 24.3 Å². The maximum absolute atomic E-state index is 6.01. The zero-order chi connectivity index (χ0) is 11.4. The minimum atomic E-state index is 0.332. The number of nitrogens with two attached hydrogens (primary N) is 1. The van der Waals surface area contributed by atoms with E-state index in [0.29, 0.717) is 12.1 Å². The topological polar surface area (TPSA) is 47.3 Å². The molecular formula is C13H20N2O. The Morgan fingerprint density at radius 3 is 2.62 bits per heavy atom. The maximum Gasteiger partial charge on any atom is 0.118 e. The summed E-state index contributed by atoms with van der Waals surface area (Å²) in [7, 11) is 1.69. The van der Waals surface area contributed by atoms with Crippen molar-refractivity contribution in [3.8, 4) is 5.75 Å². The molecule has 0 unspecified atom stereocenters. The van der Waals surface area contributed by atoms with Gasteiger partial charge in [-0.15, -0.1) is 0 Å². The Morgan fingerprint density at radius 2 is 2.06 bits per heavy atom. The van der Waals surface area contributed by atoms with Crippen LogP contribution in [0.5, 0.6) is 5.75 Å². The van der Waals surface area contributed by atoms with Gasteiger partial charge in [0.25, 0.3) is 0 Å². The Bertz CT molecular complexity index is 323. The van der Waals surface area contributed by atoms with Gasteiger partial charge in [-0.1, -0.05) is 18.6 Å². The van der Waals surface area contributed by atoms with E-state index < -0.39 is 0 Å². The first-order valence-corrected chi connectivity index (χ1v) is 5.91. The van der Waals surface area contributed by atoms with E-state index in [1.807, 2.05) is 12.1 Å². The number of benzene rings is 1. The Morgan fingerprint density at radius 1 is 1.31 bits per heavy atom. The first kappa shape index (κ1) is 11.4. The molecule has 3 N–H and O–H groups in total. The number of hydrogen-bond donors (Lipinski definition) is 2. The van der Waals surface area contributed by atoms with Crippen molar-refractivity contribution in [1.29, 1.82) is 0 Å². The zero-order valence-corrected chi connectivity index (χ0v) is 9.78. The second-order valence-corrected chi connectivity index (χ2v) is 4.43. The molecule has 1 aromatic rings. The van der Waals surface area contributed by atoms with Gasteiger partial charge in [-0.3, -0.25) is 0 Å². The number of hydrogen-bond acceptors (Lipinski definition) is 3. The summed E-state index contributed by atoms with van der Waals surface area (Å²) in [6, 6.07) is 8.98. The van der Waals surface area contributed by atoms with E-state index in [1.54, 1.807) is 7.11 Å². The largest absolute Gasteiger partial charge is 0.497 e. The fourth-order valence-electron chi connectivity index (χ4n) is 2.23. The van der Waals surface area contributed by atoms with Crippen molar-refractivity contribution >= 4 is 0 Å². The Kier molecular flexibility index (Phi) is 3.80. The van der Waals surface area contributed by atoms with Crippen molar-refractivity contribution in [3.05, 3.63) is 29.8 Å². The van der Waals surface area contributed by atoms with Crippen LogP contribution in [0.4, 0.5) is 0 Å². The normalized spacial score (nSPS) is 24.6. The highest BCUT2D eigenvalue weighted by Gasteiger charge is 2.22. The van der Waals surface area contributed by atoms with E-state index >= 15 is 0 Å². The van der Waals surface area contributed by atoms with Gasteiger partial charge in [0.2, 0.25) is 0 Å². The minimum Gasteiger partial charge on any atom is -0.497 e. The molecular weight excluding hydrogens is 200 g/mol. The zero-order valence-electron chi connectivity index (χ0n) is 9.78. The molecule has 3 heteroatoms. The van der Waals surface area contributed by atoms with Crippen molar-refractivity contribution in [2.75, 3.05) is 7.11 Å². The van der Waals surface area contributed by atoms with Gasteiger partial charge in [0.1, 0.15) is 5.75 Å². The minimum absolute atomic E-state index is 0.332. The van der Waals surface area contributed by atoms with Gasteiger partial charge >= 0.3 is 0 Å². The summed E-state index contributed by atoms with van der Waals surface area (Å²) >= 11 is 0. The Labute approximate surface area is 97.0 Å². The maximum atomic E-state index is 6.01. The summed E-state index contributed by atoms with van der Waals surface area (Å²) in [5.74, 6) is 0.904. The smallest absolute Gasteiger partial charge is 0.118 e. The van der Waals surface area contributed by atoms with E-state index in [-0.39, 0.29) is 0 Å². The predicted octanol–water partition coefficient (Wildman–Crippen LogP) is 1.66. The lowest BCUT2D eigenvalue weighted by Crippen LogP contribution is -2.40. The second-order valence-electron chi connectivity index (χ2n) is 4.43. The van der Waals surface area contributed by atoms with E-state index in [2.05, 4.69) is 17.4 Å². The predicted molar refractivity (Wildman–Crippen MR) is 65.4 cm³/mol. The van der Waals surface area contributed by atoms with Crippen LogP contribution in [0.3, 0.4) is 0 Å². The summed E-state index contributed by atoms with van der Waals surface area (Å²) in [5.41, 5.74) is 7.28. The third-order valence-corrected chi connectivity index (χ3v) is 3.30. The molecule has 0 heterocycles. The van der Waals surface area contributed by atoms with Gasteiger partial charge in [0.05, 0.1) is 7.11 Å². The first-order valence-electron chi connectivity index (χ1n) is 5.91. The molecule has 1 saturated carbocycles. The molecule has 2 atom stereocenters. The lowest BCUT2D eigenvalue weighted by Gasteiger charge is -2.17. The van der Waals surface area contributed by atoms with Crippen LogP contribution in [-0.4, -0.2) is 19.2 Å². The van der Waals surface area contributed by atoms with Gasteiger partial charge in [-0.25, -0.2) is 0 Å². The van der Waals surface area contributed by atoms with Crippen molar-refractivity contribution in [1.82, 2.24) is 5.32 Å². The highest BCUT2D eigenvalue weighted by molar-refractivity contribution is 5.27. The molecule has 0 radical (unpaired) electrons. The van der Waals surface area contributed by atoms with Crippen molar-refractivity contribution < 1.29 is 4.74 Å². The molecule has 1 fully saturated rings. The van der Waals surface area contributed by atoms with Gasteiger partial charge in [0.15, 0.2) is 0 Å². The third-order valence-electron chi connectivity index (χ3n) is 3.30. The number of ether oxygens (including phenoxy) is 1. The lowest BCUT2D eigenvalue weighted by molar-refractivity contribution is 0.414. The summed E-state index contributed by atoms with van der Waals surface area (Å²) in [5, 5.41) is 3.52. The second kappa shape index (κ2) is 5.32. The van der Waals surface area contributed by atoms with E-state index in [9.17, 15) is 0 Å². The SMILES string of the molecule is COc1ccc(CN[C@H]2CCC[C@@H]2N)cc1. The quantitative estimate of drug-likeness (QED) is 0.811. The molecule has 1 aromatic carbocycles. The van der Waals surface area contributed by atoms with Crippen LogP contribution in [0.1, 0.15) is 24.8 Å². The van der Waals surface area contributed by atoms with Crippen LogP contribution in [0.25, 0.3) is 0 Å². The molecule has 0 aromatic heterocycles. The standard InChI is InChI=1S/C13H20N2O/c1-16-11-7-5-10(6-8-11)9-15-13-4-2-3-12(13)14/h5-8,12-13,15H,2-4,9,14H2,1H3/t12-,13-/m0/s1. The fourth-order valence-corrected chi connectivity index (χ4v) is 2.23. The molecule has 0 saturated heterocycles. The van der Waals surface area contributed by atoms with Crippen LogP contribution in [-0.2, 0) is 6.54 Å². The molecule has 88 valence electrons. The van der Waals surface area contributed by atoms with E-state index in [0.717, 1.165) is 18.7 Å². The Balaban J connectivity index is 1.84. The highest BCUT2D eigenvalue weighted by Crippen LogP contribution is 2.18. The summed E-state index contributed by atoms with van der Waals surface area (Å²) < 4.78 is 5.12. The molecule has 1 aliphatic carbocycles. The summed E-state index contributed by atoms with van der Waals surface area (Å²) in [4.78, 5) is 0. The highest BCUT2D eigenvalue weighted by atomic mass is 16.5. The van der Waals surface area contributed by atoms with Crippen LogP contribution in [0.2, 0.25) is 0 Å². The van der Waals surface area contributed by atoms with Gasteiger partial charge < -0.3 is 15.8 Å². The average molecular weight is 220 g/mol. The van der Waals surface area contributed by atoms with Crippen molar-refractivity contribution in [2.24, 2.45) is 5.73 Å². The summed E-state index contributed by atoms with van der Waals surface area (Å²) in [6.07, 6.45) is 3.61. The summed E-state index contributed by atoms with van der Waals surface area (Å²) in [6.45, 7) is 0.891. The number of nitrogens with one attached hydrogen (secondary N) is 1. The molecule has 2 rings (SSSR count). The van der Waals surface area contributed by atoms with Crippen LogP contribution < -0.4 is 15.8 Å². The fraction of sp³-hybridized carbons (Fsp3) is 0.538. The van der Waals surface area contributed by atoms with Crippen molar-refractivity contribution in [2.45, 2.75) is 37.9 Å². The molecule has 0 bridgehead atoms. The number of rotatable bonds is 4. The van der Waals surface area contributed by atoms with Gasteiger partial charge in [0, 0.05) is 18.6 Å². The molecule has 16 heavy (non-hydrogen) atoms. The van der Waals surface area contributed by atoms with Crippen molar-refractivity contribution in [3.63, 3.8) is 0 Å². The third kappa shape index (κ3) is 2.74. The Hall–Kier alpha value is -1.06. The van der Waals surface area contributed by atoms with Gasteiger partial charge in [-0.2, -0.15) is 0 Å². The molecule has 0 aliphatic heterocycles. The number of methoxy groups -OCH3 is 1. The van der Waals surface area contributed by atoms with Crippen LogP contribution in [0, 0.1) is 0 Å². The van der Waals surface area contributed by atoms with Gasteiger partial charge in [-0.05, 0) is 30.5 Å². The lowest BCUT2D eigenvalue weighted by atomic mass is 10.1. The molecule has 3 nitrogen and oxygen atoms in total. The van der Waals surface area contributed by atoms with E-state index in [1.165, 1.54) is 18.4 Å². The average Bonchev–Trinajstić information content (AvgIpc) is 2.73.